The lowest BCUT2D eigenvalue weighted by Crippen LogP contribution is -2.27. The number of nitrogens with one attached hydrogen (secondary N) is 1. The van der Waals surface area contributed by atoms with E-state index in [1.54, 1.807) is 7.05 Å². The lowest BCUT2D eigenvalue weighted by molar-refractivity contribution is 0.624. The molecule has 2 rings (SSSR count). The number of rotatable bonds is 4. The van der Waals surface area contributed by atoms with Gasteiger partial charge in [-0.15, -0.1) is 0 Å². The Morgan fingerprint density at radius 1 is 1.52 bits per heavy atom. The van der Waals surface area contributed by atoms with Crippen molar-refractivity contribution in [3.05, 3.63) is 46.5 Å². The van der Waals surface area contributed by atoms with Crippen LogP contribution in [0.25, 0.3) is 11.3 Å². The van der Waals surface area contributed by atoms with Crippen molar-refractivity contribution in [2.75, 3.05) is 0 Å². The van der Waals surface area contributed by atoms with E-state index in [1.165, 1.54) is 22.9 Å². The molecule has 0 aliphatic carbocycles. The van der Waals surface area contributed by atoms with Gasteiger partial charge in [-0.2, -0.15) is 0 Å². The molecular formula is C15H17FN4O. The van der Waals surface area contributed by atoms with Crippen LogP contribution in [0.3, 0.4) is 0 Å². The number of hydrogen-bond acceptors (Lipinski definition) is 4. The first-order chi connectivity index (χ1) is 9.95. The van der Waals surface area contributed by atoms with Crippen molar-refractivity contribution in [2.24, 2.45) is 13.0 Å². The summed E-state index contributed by atoms with van der Waals surface area (Å²) in [4.78, 5) is 20.0. The Balaban J connectivity index is 2.62. The lowest BCUT2D eigenvalue weighted by Gasteiger charge is -2.14. The molecule has 6 heteroatoms. The fourth-order valence-corrected chi connectivity index (χ4v) is 1.93. The molecule has 0 spiro atoms. The highest BCUT2D eigenvalue weighted by Crippen LogP contribution is 2.19. The highest BCUT2D eigenvalue weighted by atomic mass is 19.1. The topological polar surface area (TPSA) is 71.6 Å². The maximum absolute atomic E-state index is 13.8. The van der Waals surface area contributed by atoms with Crippen molar-refractivity contribution < 1.29 is 4.39 Å². The maximum atomic E-state index is 13.8. The fourth-order valence-electron chi connectivity index (χ4n) is 1.93. The van der Waals surface area contributed by atoms with Crippen LogP contribution in [0, 0.1) is 17.1 Å². The molecule has 1 N–H and O–H groups in total. The molecule has 110 valence electrons. The molecule has 0 fully saturated rings. The van der Waals surface area contributed by atoms with E-state index in [4.69, 9.17) is 5.41 Å². The van der Waals surface area contributed by atoms with Gasteiger partial charge in [0.05, 0.1) is 17.6 Å². The molecule has 2 heterocycles. The van der Waals surface area contributed by atoms with Crippen LogP contribution < -0.4 is 5.56 Å². The molecule has 1 atom stereocenters. The molecule has 0 bridgehead atoms. The van der Waals surface area contributed by atoms with Gasteiger partial charge in [0.1, 0.15) is 0 Å². The zero-order chi connectivity index (χ0) is 15.6. The van der Waals surface area contributed by atoms with Crippen LogP contribution in [0.4, 0.5) is 4.39 Å². The summed E-state index contributed by atoms with van der Waals surface area (Å²) >= 11 is 0. The minimum Gasteiger partial charge on any atom is -0.301 e. The molecule has 0 saturated heterocycles. The van der Waals surface area contributed by atoms with Gasteiger partial charge in [-0.3, -0.25) is 14.3 Å². The smallest absolute Gasteiger partial charge is 0.254 e. The van der Waals surface area contributed by atoms with Crippen LogP contribution in [0.2, 0.25) is 0 Å². The summed E-state index contributed by atoms with van der Waals surface area (Å²) in [6.45, 7) is 3.86. The summed E-state index contributed by atoms with van der Waals surface area (Å²) in [7, 11) is 1.56. The third kappa shape index (κ3) is 2.89. The van der Waals surface area contributed by atoms with E-state index in [-0.39, 0.29) is 34.3 Å². The van der Waals surface area contributed by atoms with Gasteiger partial charge in [0.15, 0.2) is 11.6 Å². The number of aromatic nitrogens is 3. The second-order valence-corrected chi connectivity index (χ2v) is 4.94. The Morgan fingerprint density at radius 3 is 2.86 bits per heavy atom. The van der Waals surface area contributed by atoms with Gasteiger partial charge >= 0.3 is 0 Å². The predicted molar refractivity (Wildman–Crippen MR) is 79.0 cm³/mol. The first-order valence-electron chi connectivity index (χ1n) is 6.72. The molecule has 0 aromatic carbocycles. The molecule has 21 heavy (non-hydrogen) atoms. The molecule has 0 aliphatic rings. The van der Waals surface area contributed by atoms with Gasteiger partial charge < -0.3 is 5.41 Å². The third-order valence-electron chi connectivity index (χ3n) is 3.53. The van der Waals surface area contributed by atoms with E-state index in [9.17, 15) is 9.18 Å². The van der Waals surface area contributed by atoms with Crippen molar-refractivity contribution in [1.29, 1.82) is 5.41 Å². The largest absolute Gasteiger partial charge is 0.301 e. The first-order valence-corrected chi connectivity index (χ1v) is 6.72. The monoisotopic (exact) mass is 288 g/mol. The highest BCUT2D eigenvalue weighted by Gasteiger charge is 2.17. The molecule has 0 amide bonds. The summed E-state index contributed by atoms with van der Waals surface area (Å²) in [5, 5.41) is 8.16. The lowest BCUT2D eigenvalue weighted by atomic mass is 10.0. The molecule has 2 aromatic heterocycles. The summed E-state index contributed by atoms with van der Waals surface area (Å²) < 4.78 is 15.1. The molecule has 0 aliphatic heterocycles. The Labute approximate surface area is 122 Å². The van der Waals surface area contributed by atoms with Gasteiger partial charge in [0.2, 0.25) is 0 Å². The molecule has 0 radical (unpaired) electrons. The number of pyridine rings is 1. The van der Waals surface area contributed by atoms with Crippen LogP contribution in [-0.2, 0) is 7.05 Å². The van der Waals surface area contributed by atoms with E-state index < -0.39 is 5.82 Å². The first kappa shape index (κ1) is 15.0. The normalized spacial score (nSPS) is 12.2. The standard InChI is InChI=1S/C15H17FN4O/c1-4-9(2)14(17)15-19-12(7-13(21)20(15)3)10-5-6-18-8-11(10)16/h5-9,17H,4H2,1-3H3. The second kappa shape index (κ2) is 5.95. The SMILES string of the molecule is CCC(C)C(=N)c1nc(-c2ccncc2F)cc(=O)n1C. The van der Waals surface area contributed by atoms with Crippen LogP contribution in [-0.4, -0.2) is 20.2 Å². The summed E-state index contributed by atoms with van der Waals surface area (Å²) in [5.41, 5.74) is 0.384. The Kier molecular flexibility index (Phi) is 4.26. The van der Waals surface area contributed by atoms with Crippen molar-refractivity contribution >= 4 is 5.71 Å². The third-order valence-corrected chi connectivity index (χ3v) is 3.53. The van der Waals surface area contributed by atoms with E-state index in [0.717, 1.165) is 12.6 Å². The minimum atomic E-state index is -0.542. The van der Waals surface area contributed by atoms with Crippen molar-refractivity contribution in [3.63, 3.8) is 0 Å². The molecule has 1 unspecified atom stereocenters. The van der Waals surface area contributed by atoms with Crippen LogP contribution in [0.5, 0.6) is 0 Å². The summed E-state index contributed by atoms with van der Waals surface area (Å²) in [6, 6.07) is 2.74. The molecule has 0 saturated carbocycles. The van der Waals surface area contributed by atoms with Gasteiger partial charge in [-0.1, -0.05) is 13.8 Å². The van der Waals surface area contributed by atoms with Crippen LogP contribution in [0.15, 0.2) is 29.3 Å². The Hall–Kier alpha value is -2.37. The zero-order valence-electron chi connectivity index (χ0n) is 12.2. The van der Waals surface area contributed by atoms with Gasteiger partial charge in [0, 0.05) is 30.8 Å². The molecular weight excluding hydrogens is 271 g/mol. The predicted octanol–water partition coefficient (Wildman–Crippen LogP) is 2.40. The maximum Gasteiger partial charge on any atom is 0.254 e. The van der Waals surface area contributed by atoms with Crippen LogP contribution in [0.1, 0.15) is 26.1 Å². The van der Waals surface area contributed by atoms with Gasteiger partial charge in [-0.25, -0.2) is 9.37 Å². The zero-order valence-corrected chi connectivity index (χ0v) is 12.2. The average molecular weight is 288 g/mol. The van der Waals surface area contributed by atoms with E-state index in [1.807, 2.05) is 13.8 Å². The van der Waals surface area contributed by atoms with E-state index in [2.05, 4.69) is 9.97 Å². The average Bonchev–Trinajstić information content (AvgIpc) is 2.49. The molecule has 5 nitrogen and oxygen atoms in total. The van der Waals surface area contributed by atoms with Crippen LogP contribution >= 0.6 is 0 Å². The number of halogens is 1. The fraction of sp³-hybridized carbons (Fsp3) is 0.333. The Bertz CT molecular complexity index is 739. The Morgan fingerprint density at radius 2 is 2.24 bits per heavy atom. The highest BCUT2D eigenvalue weighted by molar-refractivity contribution is 5.97. The minimum absolute atomic E-state index is 0.0272. The van der Waals surface area contributed by atoms with Crippen molar-refractivity contribution in [2.45, 2.75) is 20.3 Å². The molecule has 2 aromatic rings. The number of nitrogens with zero attached hydrogens (tertiary/aromatic N) is 3. The summed E-state index contributed by atoms with van der Waals surface area (Å²) in [6.07, 6.45) is 3.29. The summed E-state index contributed by atoms with van der Waals surface area (Å²) in [5.74, 6) is -0.303. The van der Waals surface area contributed by atoms with Gasteiger partial charge in [0.25, 0.3) is 5.56 Å². The van der Waals surface area contributed by atoms with E-state index in [0.29, 0.717) is 0 Å². The van der Waals surface area contributed by atoms with Crippen molar-refractivity contribution in [3.8, 4) is 11.3 Å². The van der Waals surface area contributed by atoms with Crippen molar-refractivity contribution in [1.82, 2.24) is 14.5 Å². The second-order valence-electron chi connectivity index (χ2n) is 4.94. The van der Waals surface area contributed by atoms with Gasteiger partial charge in [-0.05, 0) is 12.5 Å². The quantitative estimate of drug-likeness (QED) is 0.878. The van der Waals surface area contributed by atoms with E-state index >= 15 is 0 Å². The number of hydrogen-bond donors (Lipinski definition) is 1.